The first-order valence-corrected chi connectivity index (χ1v) is 12.3. The number of nitrogens with zero attached hydrogens (tertiary/aromatic N) is 4. The van der Waals surface area contributed by atoms with Crippen molar-refractivity contribution in [3.05, 3.63) is 57.9 Å². The topological polar surface area (TPSA) is 88.8 Å². The van der Waals surface area contributed by atoms with E-state index in [0.29, 0.717) is 30.2 Å². The molecular formula is C23H23N5O3S2. The van der Waals surface area contributed by atoms with Crippen LogP contribution in [0.1, 0.15) is 38.1 Å². The molecule has 1 aromatic carbocycles. The predicted molar refractivity (Wildman–Crippen MR) is 128 cm³/mol. The molecule has 1 saturated heterocycles. The highest BCUT2D eigenvalue weighted by molar-refractivity contribution is 7.15. The summed E-state index contributed by atoms with van der Waals surface area (Å²) in [5.74, 6) is 0.483. The van der Waals surface area contributed by atoms with Gasteiger partial charge in [-0.25, -0.2) is 9.97 Å². The number of carbonyl (C=O) groups is 2. The summed E-state index contributed by atoms with van der Waals surface area (Å²) in [5, 5.41) is 5.73. The molecule has 170 valence electrons. The van der Waals surface area contributed by atoms with Gasteiger partial charge in [-0.2, -0.15) is 0 Å². The van der Waals surface area contributed by atoms with Crippen molar-refractivity contribution in [3.8, 4) is 16.2 Å². The normalized spacial score (nSPS) is 15.5. The Hall–Kier alpha value is -3.24. The molecule has 0 radical (unpaired) electrons. The van der Waals surface area contributed by atoms with E-state index < -0.39 is 0 Å². The number of nitrogens with one attached hydrogen (secondary N) is 1. The number of rotatable bonds is 6. The van der Waals surface area contributed by atoms with Crippen molar-refractivity contribution in [2.24, 2.45) is 0 Å². The summed E-state index contributed by atoms with van der Waals surface area (Å²) in [5.41, 5.74) is 2.64. The fourth-order valence-electron chi connectivity index (χ4n) is 4.03. The second-order valence-corrected chi connectivity index (χ2v) is 9.97. The molecule has 1 N–H and O–H groups in total. The predicted octanol–water partition coefficient (Wildman–Crippen LogP) is 3.79. The number of benzene rings is 1. The molecule has 3 aromatic heterocycles. The van der Waals surface area contributed by atoms with Crippen molar-refractivity contribution >= 4 is 39.4 Å². The van der Waals surface area contributed by atoms with Gasteiger partial charge in [0, 0.05) is 24.7 Å². The fraction of sp³-hybridized carbons (Fsp3) is 0.304. The van der Waals surface area contributed by atoms with Crippen LogP contribution in [0.15, 0.2) is 35.8 Å². The summed E-state index contributed by atoms with van der Waals surface area (Å²) in [4.78, 5) is 38.6. The van der Waals surface area contributed by atoms with Crippen LogP contribution in [-0.2, 0) is 0 Å². The number of hydrogen-bond acceptors (Lipinski definition) is 7. The van der Waals surface area contributed by atoms with Crippen LogP contribution in [0.3, 0.4) is 0 Å². The molecule has 1 fully saturated rings. The van der Waals surface area contributed by atoms with Crippen LogP contribution in [0.4, 0.5) is 0 Å². The number of thiazole rings is 2. The number of aryl methyl sites for hydroxylation is 2. The third-order valence-electron chi connectivity index (χ3n) is 5.84. The quantitative estimate of drug-likeness (QED) is 0.453. The van der Waals surface area contributed by atoms with Gasteiger partial charge >= 0.3 is 0 Å². The number of amides is 2. The Morgan fingerprint density at radius 3 is 2.70 bits per heavy atom. The summed E-state index contributed by atoms with van der Waals surface area (Å²) in [6.07, 6.45) is 2.69. The number of ether oxygens (including phenoxy) is 1. The monoisotopic (exact) mass is 481 g/mol. The molecule has 0 aliphatic carbocycles. The van der Waals surface area contributed by atoms with E-state index in [1.54, 1.807) is 16.4 Å². The van der Waals surface area contributed by atoms with Gasteiger partial charge in [-0.1, -0.05) is 0 Å². The van der Waals surface area contributed by atoms with Gasteiger partial charge in [0.15, 0.2) is 4.96 Å². The Labute approximate surface area is 198 Å². The van der Waals surface area contributed by atoms with Gasteiger partial charge in [0.25, 0.3) is 11.8 Å². The molecule has 0 unspecified atom stereocenters. The van der Waals surface area contributed by atoms with Crippen molar-refractivity contribution in [3.63, 3.8) is 0 Å². The van der Waals surface area contributed by atoms with Crippen molar-refractivity contribution in [2.75, 3.05) is 20.2 Å². The third-order valence-corrected chi connectivity index (χ3v) is 7.62. The molecule has 0 saturated carbocycles. The molecule has 1 aliphatic heterocycles. The van der Waals surface area contributed by atoms with E-state index in [0.717, 1.165) is 32.6 Å². The van der Waals surface area contributed by atoms with E-state index in [1.165, 1.54) is 22.7 Å². The van der Waals surface area contributed by atoms with Gasteiger partial charge in [-0.15, -0.1) is 22.7 Å². The summed E-state index contributed by atoms with van der Waals surface area (Å²) in [6, 6.07) is 7.58. The Bertz CT molecular complexity index is 1340. The minimum atomic E-state index is -0.180. The smallest absolute Gasteiger partial charge is 0.274 e. The van der Waals surface area contributed by atoms with Crippen LogP contribution in [0.2, 0.25) is 0 Å². The largest absolute Gasteiger partial charge is 0.497 e. The van der Waals surface area contributed by atoms with Crippen LogP contribution in [0.5, 0.6) is 5.75 Å². The lowest BCUT2D eigenvalue weighted by molar-refractivity contribution is 0.0451. The summed E-state index contributed by atoms with van der Waals surface area (Å²) >= 11 is 3.00. The summed E-state index contributed by atoms with van der Waals surface area (Å²) in [7, 11) is 1.63. The molecule has 8 nitrogen and oxygen atoms in total. The van der Waals surface area contributed by atoms with Crippen molar-refractivity contribution in [2.45, 2.75) is 26.3 Å². The summed E-state index contributed by atoms with van der Waals surface area (Å²) < 4.78 is 7.04. The highest BCUT2D eigenvalue weighted by Crippen LogP contribution is 2.33. The van der Waals surface area contributed by atoms with Gasteiger partial charge in [0.05, 0.1) is 28.7 Å². The number of likely N-dealkylation sites (tertiary alicyclic amines) is 1. The number of methoxy groups -OCH3 is 1. The van der Waals surface area contributed by atoms with Crippen LogP contribution in [0.25, 0.3) is 15.4 Å². The zero-order valence-corrected chi connectivity index (χ0v) is 20.1. The minimum Gasteiger partial charge on any atom is -0.497 e. The highest BCUT2D eigenvalue weighted by Gasteiger charge is 2.35. The number of fused-ring (bicyclic) bond motifs is 1. The zero-order chi connectivity index (χ0) is 23.1. The molecule has 10 heteroatoms. The van der Waals surface area contributed by atoms with Gasteiger partial charge < -0.3 is 15.0 Å². The third kappa shape index (κ3) is 3.89. The minimum absolute atomic E-state index is 0.0571. The zero-order valence-electron chi connectivity index (χ0n) is 18.5. The summed E-state index contributed by atoms with van der Waals surface area (Å²) in [6.45, 7) is 4.78. The van der Waals surface area contributed by atoms with E-state index in [1.807, 2.05) is 49.7 Å². The Balaban J connectivity index is 1.30. The van der Waals surface area contributed by atoms with Crippen molar-refractivity contribution in [1.29, 1.82) is 0 Å². The van der Waals surface area contributed by atoms with Gasteiger partial charge in [-0.3, -0.25) is 14.0 Å². The molecule has 33 heavy (non-hydrogen) atoms. The first kappa shape index (κ1) is 21.6. The Morgan fingerprint density at radius 2 is 2.00 bits per heavy atom. The van der Waals surface area contributed by atoms with Gasteiger partial charge in [0.2, 0.25) is 0 Å². The standard InChI is InChI=1S/C23H23N5O3S2/c1-13-19(28-10-11-32-23(28)25-13)21(29)24-12-16-8-9-27(16)22(30)18-20(33-14(2)26-18)15-4-6-17(31-3)7-5-15/h4-7,10-11,16H,8-9,12H2,1-3H3,(H,24,29)/t16-/m0/s1. The van der Waals surface area contributed by atoms with Crippen LogP contribution in [-0.4, -0.2) is 57.3 Å². The fourth-order valence-corrected chi connectivity index (χ4v) is 5.70. The average molecular weight is 482 g/mol. The van der Waals surface area contributed by atoms with Crippen molar-refractivity contribution in [1.82, 2.24) is 24.6 Å². The van der Waals surface area contributed by atoms with Crippen LogP contribution >= 0.6 is 22.7 Å². The lowest BCUT2D eigenvalue weighted by Gasteiger charge is -2.40. The number of imidazole rings is 1. The first-order valence-electron chi connectivity index (χ1n) is 10.6. The molecular weight excluding hydrogens is 458 g/mol. The number of hydrogen-bond donors (Lipinski definition) is 1. The lowest BCUT2D eigenvalue weighted by Crippen LogP contribution is -2.56. The second-order valence-electron chi connectivity index (χ2n) is 7.89. The molecule has 2 amide bonds. The maximum absolute atomic E-state index is 13.4. The van der Waals surface area contributed by atoms with E-state index >= 15 is 0 Å². The second kappa shape index (κ2) is 8.60. The Morgan fingerprint density at radius 1 is 1.21 bits per heavy atom. The molecule has 5 rings (SSSR count). The van der Waals surface area contributed by atoms with Crippen LogP contribution < -0.4 is 10.1 Å². The molecule has 0 bridgehead atoms. The lowest BCUT2D eigenvalue weighted by atomic mass is 10.0. The van der Waals surface area contributed by atoms with E-state index in [9.17, 15) is 9.59 Å². The van der Waals surface area contributed by atoms with Gasteiger partial charge in [0.1, 0.15) is 17.1 Å². The average Bonchev–Trinajstić information content (AvgIpc) is 3.47. The molecule has 4 aromatic rings. The van der Waals surface area contributed by atoms with E-state index in [4.69, 9.17) is 4.74 Å². The maximum atomic E-state index is 13.4. The van der Waals surface area contributed by atoms with Crippen molar-refractivity contribution < 1.29 is 14.3 Å². The molecule has 1 atom stereocenters. The molecule has 0 spiro atoms. The number of carbonyl (C=O) groups excluding carboxylic acids is 2. The van der Waals surface area contributed by atoms with E-state index in [2.05, 4.69) is 15.3 Å². The molecule has 4 heterocycles. The first-order chi connectivity index (χ1) is 16.0. The van der Waals surface area contributed by atoms with Gasteiger partial charge in [-0.05, 0) is 50.1 Å². The molecule has 1 aliphatic rings. The number of aromatic nitrogens is 3. The van der Waals surface area contributed by atoms with Crippen LogP contribution in [0, 0.1) is 13.8 Å². The van der Waals surface area contributed by atoms with E-state index in [-0.39, 0.29) is 17.9 Å². The SMILES string of the molecule is COc1ccc(-c2sc(C)nc2C(=O)N2CC[C@H]2CNC(=O)c2c(C)nc3sccn23)cc1. The highest BCUT2D eigenvalue weighted by atomic mass is 32.1. The maximum Gasteiger partial charge on any atom is 0.274 e. The Kier molecular flexibility index (Phi) is 5.63.